The van der Waals surface area contributed by atoms with E-state index in [1.165, 1.54) is 6.07 Å². The van der Waals surface area contributed by atoms with Crippen molar-refractivity contribution in [2.45, 2.75) is 13.8 Å². The predicted molar refractivity (Wildman–Crippen MR) is 92.3 cm³/mol. The van der Waals surface area contributed by atoms with Crippen molar-refractivity contribution < 1.29 is 4.39 Å². The van der Waals surface area contributed by atoms with Gasteiger partial charge in [-0.25, -0.2) is 4.39 Å². The van der Waals surface area contributed by atoms with Gasteiger partial charge in [0.05, 0.1) is 0 Å². The van der Waals surface area contributed by atoms with Crippen molar-refractivity contribution in [1.82, 2.24) is 0 Å². The highest BCUT2D eigenvalue weighted by Crippen LogP contribution is 2.32. The number of allylic oxidation sites excluding steroid dienone is 1. The minimum absolute atomic E-state index is 0.210. The molecule has 0 heterocycles. The molecule has 0 saturated carbocycles. The average molecular weight is 291 g/mol. The summed E-state index contributed by atoms with van der Waals surface area (Å²) in [7, 11) is 0. The number of nitrogen functional groups attached to an aromatic ring is 1. The van der Waals surface area contributed by atoms with Gasteiger partial charge in [0.25, 0.3) is 0 Å². The summed E-state index contributed by atoms with van der Waals surface area (Å²) in [5.41, 5.74) is 11.2. The van der Waals surface area contributed by atoms with Crippen molar-refractivity contribution in [2.24, 2.45) is 0 Å². The summed E-state index contributed by atoms with van der Waals surface area (Å²) in [5.74, 6) is -0.210. The molecule has 0 bridgehead atoms. The van der Waals surface area contributed by atoms with Crippen LogP contribution in [0.5, 0.6) is 0 Å². The Morgan fingerprint density at radius 2 is 1.73 bits per heavy atom. The molecule has 0 aliphatic rings. The highest BCUT2D eigenvalue weighted by Gasteiger charge is 2.11. The van der Waals surface area contributed by atoms with Gasteiger partial charge < -0.3 is 5.73 Å². The molecule has 0 amide bonds. The Labute approximate surface area is 129 Å². The molecule has 3 rings (SSSR count). The van der Waals surface area contributed by atoms with Crippen molar-refractivity contribution >= 4 is 22.0 Å². The first kappa shape index (κ1) is 14.3. The lowest BCUT2D eigenvalue weighted by Gasteiger charge is -2.14. The third-order valence-electron chi connectivity index (χ3n) is 3.98. The van der Waals surface area contributed by atoms with Gasteiger partial charge in [-0.15, -0.1) is 0 Å². The van der Waals surface area contributed by atoms with Gasteiger partial charge in [-0.05, 0) is 65.6 Å². The Balaban J connectivity index is 2.22. The summed E-state index contributed by atoms with van der Waals surface area (Å²) >= 11 is 0. The van der Waals surface area contributed by atoms with Crippen LogP contribution in [0, 0.1) is 12.7 Å². The molecule has 0 aliphatic heterocycles. The van der Waals surface area contributed by atoms with E-state index in [1.807, 2.05) is 50.2 Å². The van der Waals surface area contributed by atoms with Crippen LogP contribution in [0.2, 0.25) is 0 Å². The fraction of sp³-hybridized carbons (Fsp3) is 0.100. The van der Waals surface area contributed by atoms with E-state index >= 15 is 0 Å². The lowest BCUT2D eigenvalue weighted by molar-refractivity contribution is 0.630. The molecular weight excluding hydrogens is 273 g/mol. The molecule has 0 aliphatic carbocycles. The lowest BCUT2D eigenvalue weighted by Crippen LogP contribution is -1.97. The Hall–Kier alpha value is -2.61. The fourth-order valence-corrected chi connectivity index (χ4v) is 2.87. The van der Waals surface area contributed by atoms with Crippen LogP contribution in [0.25, 0.3) is 16.3 Å². The summed E-state index contributed by atoms with van der Waals surface area (Å²) < 4.78 is 13.4. The van der Waals surface area contributed by atoms with Crippen molar-refractivity contribution in [2.75, 3.05) is 5.73 Å². The van der Waals surface area contributed by atoms with Crippen LogP contribution >= 0.6 is 0 Å². The van der Waals surface area contributed by atoms with Gasteiger partial charge in [-0.1, -0.05) is 36.4 Å². The lowest BCUT2D eigenvalue weighted by atomic mass is 9.91. The van der Waals surface area contributed by atoms with Crippen molar-refractivity contribution in [3.05, 3.63) is 83.2 Å². The van der Waals surface area contributed by atoms with Crippen molar-refractivity contribution in [3.63, 3.8) is 0 Å². The van der Waals surface area contributed by atoms with Gasteiger partial charge in [0, 0.05) is 11.3 Å². The fourth-order valence-electron chi connectivity index (χ4n) is 2.87. The van der Waals surface area contributed by atoms with E-state index < -0.39 is 0 Å². The monoisotopic (exact) mass is 291 g/mol. The second-order valence-electron chi connectivity index (χ2n) is 5.45. The highest BCUT2D eigenvalue weighted by molar-refractivity contribution is 5.93. The largest absolute Gasteiger partial charge is 0.398 e. The smallest absolute Gasteiger partial charge is 0.123 e. The molecule has 0 radical (unpaired) electrons. The number of nitrogens with two attached hydrogens (primary N) is 1. The maximum atomic E-state index is 13.4. The topological polar surface area (TPSA) is 26.0 Å². The minimum Gasteiger partial charge on any atom is -0.398 e. The molecule has 0 saturated heterocycles. The average Bonchev–Trinajstić information content (AvgIpc) is 2.50. The minimum atomic E-state index is -0.210. The predicted octanol–water partition coefficient (Wildman–Crippen LogP) is 5.32. The van der Waals surface area contributed by atoms with Crippen LogP contribution in [0.15, 0.2) is 60.7 Å². The molecule has 0 spiro atoms. The van der Waals surface area contributed by atoms with E-state index in [0.29, 0.717) is 0 Å². The normalized spacial score (nSPS) is 11.9. The summed E-state index contributed by atoms with van der Waals surface area (Å²) in [6.45, 7) is 4.05. The first-order chi connectivity index (χ1) is 10.6. The maximum Gasteiger partial charge on any atom is 0.123 e. The maximum absolute atomic E-state index is 13.4. The molecule has 2 heteroatoms. The van der Waals surface area contributed by atoms with Gasteiger partial charge in [0.2, 0.25) is 0 Å². The molecule has 110 valence electrons. The van der Waals surface area contributed by atoms with Crippen LogP contribution in [0.4, 0.5) is 10.1 Å². The Bertz CT molecular complexity index is 878. The summed E-state index contributed by atoms with van der Waals surface area (Å²) in [4.78, 5) is 0. The first-order valence-corrected chi connectivity index (χ1v) is 7.31. The van der Waals surface area contributed by atoms with Gasteiger partial charge in [-0.3, -0.25) is 0 Å². The number of anilines is 1. The Kier molecular flexibility index (Phi) is 3.68. The molecule has 0 atom stereocenters. The molecule has 0 fully saturated rings. The molecular formula is C20H18FN. The van der Waals surface area contributed by atoms with E-state index in [4.69, 9.17) is 5.73 Å². The zero-order valence-electron chi connectivity index (χ0n) is 12.7. The number of benzene rings is 3. The van der Waals surface area contributed by atoms with E-state index in [1.54, 1.807) is 6.07 Å². The Morgan fingerprint density at radius 3 is 2.45 bits per heavy atom. The molecule has 1 nitrogen and oxygen atoms in total. The SMILES string of the molecule is C/C=C(/c1cc2ccc(F)cc2cc1C)c1ccccc1N. The van der Waals surface area contributed by atoms with Crippen LogP contribution in [0.1, 0.15) is 23.6 Å². The standard InChI is InChI=1S/C20H18FN/c1-3-17(18-6-4-5-7-20(18)22)19-12-14-8-9-16(21)11-15(14)10-13(19)2/h3-12H,22H2,1-2H3/b17-3+. The van der Waals surface area contributed by atoms with E-state index in [9.17, 15) is 4.39 Å². The summed E-state index contributed by atoms with van der Waals surface area (Å²) in [5, 5.41) is 1.94. The van der Waals surface area contributed by atoms with Crippen LogP contribution in [-0.2, 0) is 0 Å². The van der Waals surface area contributed by atoms with Gasteiger partial charge in [0.1, 0.15) is 5.82 Å². The van der Waals surface area contributed by atoms with E-state index in [-0.39, 0.29) is 5.82 Å². The van der Waals surface area contributed by atoms with Crippen molar-refractivity contribution in [1.29, 1.82) is 0 Å². The molecule has 0 aromatic heterocycles. The number of para-hydroxylation sites is 1. The zero-order valence-corrected chi connectivity index (χ0v) is 12.7. The van der Waals surface area contributed by atoms with Crippen LogP contribution in [-0.4, -0.2) is 0 Å². The number of halogens is 1. The number of rotatable bonds is 2. The molecule has 0 unspecified atom stereocenters. The third kappa shape index (κ3) is 2.48. The molecule has 2 N–H and O–H groups in total. The zero-order chi connectivity index (χ0) is 15.7. The van der Waals surface area contributed by atoms with Crippen molar-refractivity contribution in [3.8, 4) is 0 Å². The second kappa shape index (κ2) is 5.64. The first-order valence-electron chi connectivity index (χ1n) is 7.31. The quantitative estimate of drug-likeness (QED) is 0.635. The Morgan fingerprint density at radius 1 is 0.955 bits per heavy atom. The van der Waals surface area contributed by atoms with Crippen LogP contribution in [0.3, 0.4) is 0 Å². The third-order valence-corrected chi connectivity index (χ3v) is 3.98. The summed E-state index contributed by atoms with van der Waals surface area (Å²) in [6, 6.07) is 16.9. The second-order valence-corrected chi connectivity index (χ2v) is 5.45. The van der Waals surface area contributed by atoms with Crippen LogP contribution < -0.4 is 5.73 Å². The highest BCUT2D eigenvalue weighted by atomic mass is 19.1. The number of hydrogen-bond donors (Lipinski definition) is 1. The molecule has 22 heavy (non-hydrogen) atoms. The van der Waals surface area contributed by atoms with Gasteiger partial charge in [0.15, 0.2) is 0 Å². The number of aryl methyl sites for hydroxylation is 1. The molecule has 3 aromatic rings. The number of hydrogen-bond acceptors (Lipinski definition) is 1. The van der Waals surface area contributed by atoms with E-state index in [0.717, 1.165) is 38.7 Å². The van der Waals surface area contributed by atoms with Gasteiger partial charge in [-0.2, -0.15) is 0 Å². The molecule has 3 aromatic carbocycles. The van der Waals surface area contributed by atoms with E-state index in [2.05, 4.69) is 12.1 Å². The number of fused-ring (bicyclic) bond motifs is 1. The van der Waals surface area contributed by atoms with Gasteiger partial charge >= 0.3 is 0 Å². The summed E-state index contributed by atoms with van der Waals surface area (Å²) in [6.07, 6.45) is 2.07.